The molecule has 162 valence electrons. The van der Waals surface area contributed by atoms with Gasteiger partial charge in [-0.25, -0.2) is 9.67 Å². The predicted molar refractivity (Wildman–Crippen MR) is 126 cm³/mol. The number of nitrogens with zero attached hydrogens (tertiary/aromatic N) is 4. The molecule has 0 aliphatic carbocycles. The molecule has 1 atom stereocenters. The van der Waals surface area contributed by atoms with Crippen LogP contribution in [0.1, 0.15) is 37.0 Å². The summed E-state index contributed by atoms with van der Waals surface area (Å²) in [4.78, 5) is 20.5. The molecule has 1 N–H and O–H groups in total. The summed E-state index contributed by atoms with van der Waals surface area (Å²) >= 11 is 0. The van der Waals surface area contributed by atoms with E-state index in [1.807, 2.05) is 52.9 Å². The highest BCUT2D eigenvalue weighted by Crippen LogP contribution is 2.27. The monoisotopic (exact) mass is 449 g/mol. The average Bonchev–Trinajstić information content (AvgIpc) is 3.41. The summed E-state index contributed by atoms with van der Waals surface area (Å²) in [6.45, 7) is 7.46. The number of pyridine rings is 1. The molecule has 8 heteroatoms. The minimum Gasteiger partial charge on any atom is -0.334 e. The van der Waals surface area contributed by atoms with E-state index in [1.165, 1.54) is 0 Å². The Hall–Kier alpha value is -2.15. The second-order valence-electron chi connectivity index (χ2n) is 7.26. The Labute approximate surface area is 189 Å². The van der Waals surface area contributed by atoms with Gasteiger partial charge in [0.15, 0.2) is 5.65 Å². The molecule has 1 aliphatic heterocycles. The third-order valence-electron chi connectivity index (χ3n) is 5.41. The first-order valence-electron chi connectivity index (χ1n) is 10.2. The Balaban J connectivity index is 0.00000160. The summed E-state index contributed by atoms with van der Waals surface area (Å²) in [7, 11) is 0. The Morgan fingerprint density at radius 1 is 1.23 bits per heavy atom. The van der Waals surface area contributed by atoms with E-state index >= 15 is 0 Å². The highest BCUT2D eigenvalue weighted by atomic mass is 35.5. The second kappa shape index (κ2) is 10.8. The van der Waals surface area contributed by atoms with Crippen molar-refractivity contribution in [3.05, 3.63) is 48.2 Å². The van der Waals surface area contributed by atoms with Crippen LogP contribution in [0.5, 0.6) is 0 Å². The predicted octanol–water partition coefficient (Wildman–Crippen LogP) is 4.18. The van der Waals surface area contributed by atoms with E-state index < -0.39 is 0 Å². The van der Waals surface area contributed by atoms with Gasteiger partial charge in [-0.3, -0.25) is 4.79 Å². The minimum atomic E-state index is 0. The van der Waals surface area contributed by atoms with Crippen LogP contribution in [-0.2, 0) is 6.54 Å². The topological polar surface area (TPSA) is 63.1 Å². The van der Waals surface area contributed by atoms with Crippen LogP contribution in [0.3, 0.4) is 0 Å². The van der Waals surface area contributed by atoms with Gasteiger partial charge < -0.3 is 10.2 Å². The van der Waals surface area contributed by atoms with Gasteiger partial charge in [-0.1, -0.05) is 37.3 Å². The van der Waals surface area contributed by atoms with Gasteiger partial charge in [0.2, 0.25) is 0 Å². The molecule has 1 aromatic carbocycles. The average molecular weight is 450 g/mol. The van der Waals surface area contributed by atoms with E-state index in [-0.39, 0.29) is 36.8 Å². The van der Waals surface area contributed by atoms with Gasteiger partial charge in [0.05, 0.1) is 22.8 Å². The molecule has 0 saturated carbocycles. The van der Waals surface area contributed by atoms with Crippen molar-refractivity contribution >= 4 is 41.8 Å². The number of amides is 1. The number of aryl methyl sites for hydroxylation is 1. The van der Waals surface area contributed by atoms with Crippen molar-refractivity contribution in [2.45, 2.75) is 39.3 Å². The van der Waals surface area contributed by atoms with Crippen LogP contribution in [0, 0.1) is 0 Å². The third-order valence-corrected chi connectivity index (χ3v) is 5.41. The zero-order valence-electron chi connectivity index (χ0n) is 17.4. The lowest BCUT2D eigenvalue weighted by Crippen LogP contribution is -2.42. The fourth-order valence-corrected chi connectivity index (χ4v) is 3.96. The normalized spacial score (nSPS) is 15.5. The summed E-state index contributed by atoms with van der Waals surface area (Å²) in [5.41, 5.74) is 3.29. The number of carbonyl (C=O) groups excluding carboxylic acids is 1. The van der Waals surface area contributed by atoms with Gasteiger partial charge in [-0.2, -0.15) is 5.10 Å². The molecule has 1 fully saturated rings. The van der Waals surface area contributed by atoms with Crippen molar-refractivity contribution in [2.24, 2.45) is 0 Å². The number of rotatable bonds is 6. The molecule has 6 nitrogen and oxygen atoms in total. The van der Waals surface area contributed by atoms with Crippen molar-refractivity contribution < 1.29 is 4.79 Å². The number of aromatic nitrogens is 3. The molecule has 0 spiro atoms. The van der Waals surface area contributed by atoms with E-state index in [0.29, 0.717) is 12.1 Å². The van der Waals surface area contributed by atoms with E-state index in [2.05, 4.69) is 17.3 Å². The molecular weight excluding hydrogens is 421 g/mol. The summed E-state index contributed by atoms with van der Waals surface area (Å²) < 4.78 is 1.86. The molecule has 1 saturated heterocycles. The van der Waals surface area contributed by atoms with Gasteiger partial charge >= 0.3 is 0 Å². The highest BCUT2D eigenvalue weighted by Gasteiger charge is 2.28. The number of benzene rings is 1. The number of hydrogen-bond donors (Lipinski definition) is 1. The largest absolute Gasteiger partial charge is 0.334 e. The van der Waals surface area contributed by atoms with Crippen molar-refractivity contribution in [3.63, 3.8) is 0 Å². The molecule has 2 aromatic heterocycles. The molecule has 3 aromatic rings. The maximum absolute atomic E-state index is 13.7. The second-order valence-corrected chi connectivity index (χ2v) is 7.26. The molecular formula is C22H29Cl2N5O. The molecule has 1 aliphatic rings. The summed E-state index contributed by atoms with van der Waals surface area (Å²) in [6, 6.07) is 12.2. The molecule has 3 heterocycles. The zero-order valence-corrected chi connectivity index (χ0v) is 19.0. The maximum Gasteiger partial charge on any atom is 0.255 e. The first-order valence-corrected chi connectivity index (χ1v) is 10.2. The lowest BCUT2D eigenvalue weighted by atomic mass is 10.0. The fraction of sp³-hybridized carbons (Fsp3) is 0.409. The number of fused-ring (bicyclic) bond motifs is 1. The van der Waals surface area contributed by atoms with Gasteiger partial charge in [-0.15, -0.1) is 24.8 Å². The number of carbonyl (C=O) groups is 1. The molecule has 30 heavy (non-hydrogen) atoms. The van der Waals surface area contributed by atoms with Crippen molar-refractivity contribution in [3.8, 4) is 11.3 Å². The van der Waals surface area contributed by atoms with E-state index in [0.717, 1.165) is 54.8 Å². The van der Waals surface area contributed by atoms with Crippen molar-refractivity contribution in [1.29, 1.82) is 0 Å². The Morgan fingerprint density at radius 2 is 2.00 bits per heavy atom. The van der Waals surface area contributed by atoms with Crippen molar-refractivity contribution in [1.82, 2.24) is 25.0 Å². The fourth-order valence-electron chi connectivity index (χ4n) is 3.96. The highest BCUT2D eigenvalue weighted by molar-refractivity contribution is 6.06. The summed E-state index contributed by atoms with van der Waals surface area (Å²) in [5, 5.41) is 8.68. The first-order chi connectivity index (χ1) is 13.7. The number of hydrogen-bond acceptors (Lipinski definition) is 4. The van der Waals surface area contributed by atoms with E-state index in [1.54, 1.807) is 6.20 Å². The van der Waals surface area contributed by atoms with Crippen LogP contribution < -0.4 is 5.32 Å². The summed E-state index contributed by atoms with van der Waals surface area (Å²) in [6.07, 6.45) is 3.72. The van der Waals surface area contributed by atoms with Crippen LogP contribution in [0.4, 0.5) is 0 Å². The lowest BCUT2D eigenvalue weighted by molar-refractivity contribution is 0.0694. The molecule has 0 radical (unpaired) electrons. The SMILES string of the molecule is CCCN(C(=O)c1cc(-c2ccccc2)nc2c1cnn2CC)C1CCNC1.Cl.Cl. The lowest BCUT2D eigenvalue weighted by Gasteiger charge is -2.28. The van der Waals surface area contributed by atoms with Gasteiger partial charge in [0.1, 0.15) is 0 Å². The minimum absolute atomic E-state index is 0. The molecule has 1 amide bonds. The maximum atomic E-state index is 13.7. The standard InChI is InChI=1S/C22H27N5O.2ClH/c1-3-12-26(17-10-11-23-14-17)22(28)18-13-20(16-8-6-5-7-9-16)25-21-19(18)15-24-27(21)4-2;;/h5-9,13,15,17,23H,3-4,10-12,14H2,1-2H3;2*1H. The third kappa shape index (κ3) is 4.61. The van der Waals surface area contributed by atoms with Crippen LogP contribution in [0.2, 0.25) is 0 Å². The van der Waals surface area contributed by atoms with Crippen LogP contribution in [0.25, 0.3) is 22.3 Å². The van der Waals surface area contributed by atoms with E-state index in [9.17, 15) is 4.79 Å². The molecule has 4 rings (SSSR count). The van der Waals surface area contributed by atoms with Crippen molar-refractivity contribution in [2.75, 3.05) is 19.6 Å². The first kappa shape index (κ1) is 24.1. The Kier molecular flexibility index (Phi) is 8.65. The Morgan fingerprint density at radius 3 is 2.63 bits per heavy atom. The van der Waals surface area contributed by atoms with Crippen LogP contribution >= 0.6 is 24.8 Å². The zero-order chi connectivity index (χ0) is 19.5. The summed E-state index contributed by atoms with van der Waals surface area (Å²) in [5.74, 6) is 0.0794. The molecule has 1 unspecified atom stereocenters. The number of halogens is 2. The molecule has 0 bridgehead atoms. The number of nitrogens with one attached hydrogen (secondary N) is 1. The van der Waals surface area contributed by atoms with Gasteiger partial charge in [0, 0.05) is 31.2 Å². The quantitative estimate of drug-likeness (QED) is 0.612. The van der Waals surface area contributed by atoms with Gasteiger partial charge in [-0.05, 0) is 32.4 Å². The van der Waals surface area contributed by atoms with Crippen LogP contribution in [-0.4, -0.2) is 51.2 Å². The van der Waals surface area contributed by atoms with Gasteiger partial charge in [0.25, 0.3) is 5.91 Å². The smallest absolute Gasteiger partial charge is 0.255 e. The van der Waals surface area contributed by atoms with E-state index in [4.69, 9.17) is 4.98 Å². The Bertz CT molecular complexity index is 970. The van der Waals surface area contributed by atoms with Crippen LogP contribution in [0.15, 0.2) is 42.6 Å².